The highest BCUT2D eigenvalue weighted by Crippen LogP contribution is 2.15. The lowest BCUT2D eigenvalue weighted by molar-refractivity contribution is 0.230. The summed E-state index contributed by atoms with van der Waals surface area (Å²) in [7, 11) is 0. The van der Waals surface area contributed by atoms with Gasteiger partial charge in [-0.15, -0.1) is 0 Å². The van der Waals surface area contributed by atoms with Crippen molar-refractivity contribution in [2.45, 2.75) is 32.9 Å². The summed E-state index contributed by atoms with van der Waals surface area (Å²) in [5.74, 6) is 1.09. The molecular formula is C10H17N3O2. The minimum atomic E-state index is -0.485. The first-order valence-corrected chi connectivity index (χ1v) is 4.91. The third-order valence-corrected chi connectivity index (χ3v) is 1.77. The van der Waals surface area contributed by atoms with Crippen molar-refractivity contribution in [2.75, 3.05) is 6.61 Å². The van der Waals surface area contributed by atoms with Gasteiger partial charge in [0.15, 0.2) is 0 Å². The summed E-state index contributed by atoms with van der Waals surface area (Å²) in [6.45, 7) is 5.46. The van der Waals surface area contributed by atoms with E-state index in [1.165, 1.54) is 0 Å². The fourth-order valence-corrected chi connectivity index (χ4v) is 1.15. The van der Waals surface area contributed by atoms with Gasteiger partial charge in [0.2, 0.25) is 5.88 Å². The van der Waals surface area contributed by atoms with Gasteiger partial charge in [-0.1, -0.05) is 0 Å². The van der Waals surface area contributed by atoms with Gasteiger partial charge in [-0.3, -0.25) is 0 Å². The maximum absolute atomic E-state index is 8.93. The Kier molecular flexibility index (Phi) is 3.99. The molecule has 5 heteroatoms. The molecule has 0 aliphatic heterocycles. The number of ether oxygens (including phenoxy) is 1. The number of aryl methyl sites for hydroxylation is 1. The quantitative estimate of drug-likeness (QED) is 0.760. The predicted octanol–water partition coefficient (Wildman–Crippen LogP) is 0.564. The van der Waals surface area contributed by atoms with Crippen molar-refractivity contribution in [3.63, 3.8) is 0 Å². The molecule has 1 atom stereocenters. The van der Waals surface area contributed by atoms with Crippen LogP contribution in [0.5, 0.6) is 5.88 Å². The Labute approximate surface area is 89.3 Å². The van der Waals surface area contributed by atoms with Gasteiger partial charge >= 0.3 is 0 Å². The first kappa shape index (κ1) is 11.9. The van der Waals surface area contributed by atoms with Crippen molar-refractivity contribution in [3.8, 4) is 5.88 Å². The number of nitrogens with zero attached hydrogens (tertiary/aromatic N) is 2. The van der Waals surface area contributed by atoms with Gasteiger partial charge in [0, 0.05) is 6.07 Å². The Hall–Kier alpha value is -1.20. The molecule has 0 saturated carbocycles. The number of aliphatic hydroxyl groups excluding tert-OH is 1. The van der Waals surface area contributed by atoms with Crippen molar-refractivity contribution in [3.05, 3.63) is 17.6 Å². The molecule has 1 aromatic rings. The van der Waals surface area contributed by atoms with Crippen molar-refractivity contribution in [1.29, 1.82) is 0 Å². The van der Waals surface area contributed by atoms with E-state index in [0.29, 0.717) is 17.4 Å². The van der Waals surface area contributed by atoms with Crippen LogP contribution < -0.4 is 10.5 Å². The lowest BCUT2D eigenvalue weighted by Gasteiger charge is -2.12. The summed E-state index contributed by atoms with van der Waals surface area (Å²) in [6, 6.07) is 1.18. The molecule has 3 N–H and O–H groups in total. The van der Waals surface area contributed by atoms with Crippen molar-refractivity contribution in [2.24, 2.45) is 5.73 Å². The van der Waals surface area contributed by atoms with Gasteiger partial charge in [0.05, 0.1) is 24.4 Å². The molecule has 0 amide bonds. The van der Waals surface area contributed by atoms with E-state index < -0.39 is 6.04 Å². The summed E-state index contributed by atoms with van der Waals surface area (Å²) in [5, 5.41) is 8.93. The Morgan fingerprint density at radius 1 is 1.47 bits per heavy atom. The second-order valence-electron chi connectivity index (χ2n) is 3.63. The van der Waals surface area contributed by atoms with Crippen LogP contribution in [0.3, 0.4) is 0 Å². The molecule has 0 aliphatic rings. The SMILES string of the molecule is Cc1nc(OC(C)C)cc(C(N)CO)n1. The smallest absolute Gasteiger partial charge is 0.217 e. The molecular weight excluding hydrogens is 194 g/mol. The molecule has 84 valence electrons. The molecule has 0 radical (unpaired) electrons. The van der Waals surface area contributed by atoms with Crippen molar-refractivity contribution < 1.29 is 9.84 Å². The average Bonchev–Trinajstić information content (AvgIpc) is 2.14. The molecule has 0 saturated heterocycles. The zero-order valence-electron chi connectivity index (χ0n) is 9.27. The molecule has 5 nitrogen and oxygen atoms in total. The number of nitrogens with two attached hydrogens (primary N) is 1. The Bertz CT molecular complexity index is 328. The number of hydrogen-bond donors (Lipinski definition) is 2. The first-order chi connectivity index (χ1) is 7.02. The van der Waals surface area contributed by atoms with E-state index in [2.05, 4.69) is 9.97 Å². The highest BCUT2D eigenvalue weighted by Gasteiger charge is 2.10. The number of aromatic nitrogens is 2. The molecule has 1 aromatic heterocycles. The van der Waals surface area contributed by atoms with Gasteiger partial charge in [-0.25, -0.2) is 4.98 Å². The van der Waals surface area contributed by atoms with E-state index in [1.807, 2.05) is 13.8 Å². The van der Waals surface area contributed by atoms with Gasteiger partial charge in [-0.05, 0) is 20.8 Å². The van der Waals surface area contributed by atoms with Gasteiger partial charge < -0.3 is 15.6 Å². The summed E-state index contributed by atoms with van der Waals surface area (Å²) < 4.78 is 5.44. The molecule has 1 heterocycles. The van der Waals surface area contributed by atoms with Gasteiger partial charge in [-0.2, -0.15) is 4.98 Å². The van der Waals surface area contributed by atoms with Crippen LogP contribution in [-0.2, 0) is 0 Å². The summed E-state index contributed by atoms with van der Waals surface area (Å²) >= 11 is 0. The second kappa shape index (κ2) is 5.04. The van der Waals surface area contributed by atoms with Gasteiger partial charge in [0.1, 0.15) is 5.82 Å². The zero-order chi connectivity index (χ0) is 11.4. The Morgan fingerprint density at radius 2 is 2.13 bits per heavy atom. The molecule has 0 aromatic carbocycles. The molecule has 0 fully saturated rings. The topological polar surface area (TPSA) is 81.3 Å². The fourth-order valence-electron chi connectivity index (χ4n) is 1.15. The maximum atomic E-state index is 8.93. The molecule has 1 unspecified atom stereocenters. The maximum Gasteiger partial charge on any atom is 0.217 e. The van der Waals surface area contributed by atoms with Crippen LogP contribution in [0.4, 0.5) is 0 Å². The van der Waals surface area contributed by atoms with Crippen LogP contribution >= 0.6 is 0 Å². The standard InChI is InChI=1S/C10H17N3O2/c1-6(2)15-10-4-9(8(11)5-14)12-7(3)13-10/h4,6,8,14H,5,11H2,1-3H3. The fraction of sp³-hybridized carbons (Fsp3) is 0.600. The molecule has 15 heavy (non-hydrogen) atoms. The van der Waals surface area contributed by atoms with E-state index in [9.17, 15) is 0 Å². The van der Waals surface area contributed by atoms with Crippen LogP contribution in [0.1, 0.15) is 31.4 Å². The van der Waals surface area contributed by atoms with Crippen LogP contribution in [0.15, 0.2) is 6.07 Å². The minimum absolute atomic E-state index is 0.0532. The average molecular weight is 211 g/mol. The normalized spacial score (nSPS) is 12.9. The number of aliphatic hydroxyl groups is 1. The summed E-state index contributed by atoms with van der Waals surface area (Å²) in [4.78, 5) is 8.26. The largest absolute Gasteiger partial charge is 0.475 e. The predicted molar refractivity (Wildman–Crippen MR) is 56.5 cm³/mol. The second-order valence-corrected chi connectivity index (χ2v) is 3.63. The summed E-state index contributed by atoms with van der Waals surface area (Å²) in [6.07, 6.45) is 0.0532. The lowest BCUT2D eigenvalue weighted by Crippen LogP contribution is -2.18. The first-order valence-electron chi connectivity index (χ1n) is 4.91. The van der Waals surface area contributed by atoms with E-state index in [0.717, 1.165) is 0 Å². The van der Waals surface area contributed by atoms with E-state index in [-0.39, 0.29) is 12.7 Å². The number of hydrogen-bond acceptors (Lipinski definition) is 5. The molecule has 0 bridgehead atoms. The van der Waals surface area contributed by atoms with E-state index in [4.69, 9.17) is 15.6 Å². The van der Waals surface area contributed by atoms with Gasteiger partial charge in [0.25, 0.3) is 0 Å². The van der Waals surface area contributed by atoms with E-state index >= 15 is 0 Å². The minimum Gasteiger partial charge on any atom is -0.475 e. The molecule has 0 aliphatic carbocycles. The van der Waals surface area contributed by atoms with E-state index in [1.54, 1.807) is 13.0 Å². The monoisotopic (exact) mass is 211 g/mol. The van der Waals surface area contributed by atoms with Crippen LogP contribution in [0.25, 0.3) is 0 Å². The van der Waals surface area contributed by atoms with Crippen LogP contribution in [0, 0.1) is 6.92 Å². The van der Waals surface area contributed by atoms with Crippen molar-refractivity contribution in [1.82, 2.24) is 9.97 Å². The number of rotatable bonds is 4. The third kappa shape index (κ3) is 3.45. The molecule has 1 rings (SSSR count). The van der Waals surface area contributed by atoms with Crippen LogP contribution in [0.2, 0.25) is 0 Å². The van der Waals surface area contributed by atoms with Crippen molar-refractivity contribution >= 4 is 0 Å². The highest BCUT2D eigenvalue weighted by molar-refractivity contribution is 5.18. The highest BCUT2D eigenvalue weighted by atomic mass is 16.5. The molecule has 0 spiro atoms. The third-order valence-electron chi connectivity index (χ3n) is 1.77. The summed E-state index contributed by atoms with van der Waals surface area (Å²) in [5.41, 5.74) is 6.26. The lowest BCUT2D eigenvalue weighted by atomic mass is 10.2. The Balaban J connectivity index is 2.94. The van der Waals surface area contributed by atoms with Crippen LogP contribution in [-0.4, -0.2) is 27.8 Å². The zero-order valence-corrected chi connectivity index (χ0v) is 9.27. The Morgan fingerprint density at radius 3 is 2.67 bits per heavy atom.